The molecule has 29 heavy (non-hydrogen) atoms. The van der Waals surface area contributed by atoms with Gasteiger partial charge in [-0.2, -0.15) is 18.3 Å². The lowest BCUT2D eigenvalue weighted by atomic mass is 10.0. The molecule has 3 rings (SSSR count). The fourth-order valence-electron chi connectivity index (χ4n) is 3.27. The van der Waals surface area contributed by atoms with Gasteiger partial charge in [0.1, 0.15) is 11.4 Å². The SMILES string of the molecule is COC(=O)CCCN1CCc2c(C(F)(F)F)nn(-c3ccc(OC)cc3)c2C1=O. The summed E-state index contributed by atoms with van der Waals surface area (Å²) >= 11 is 0. The monoisotopic (exact) mass is 411 g/mol. The summed E-state index contributed by atoms with van der Waals surface area (Å²) in [6, 6.07) is 6.24. The van der Waals surface area contributed by atoms with Crippen LogP contribution in [0.25, 0.3) is 5.69 Å². The molecule has 0 spiro atoms. The molecule has 1 amide bonds. The van der Waals surface area contributed by atoms with Crippen LogP contribution in [0.15, 0.2) is 24.3 Å². The van der Waals surface area contributed by atoms with Gasteiger partial charge in [0.15, 0.2) is 5.69 Å². The van der Waals surface area contributed by atoms with E-state index in [0.29, 0.717) is 17.9 Å². The summed E-state index contributed by atoms with van der Waals surface area (Å²) in [6.45, 7) is 0.368. The number of nitrogens with zero attached hydrogens (tertiary/aromatic N) is 3. The Morgan fingerprint density at radius 2 is 1.90 bits per heavy atom. The van der Waals surface area contributed by atoms with E-state index in [-0.39, 0.29) is 37.2 Å². The van der Waals surface area contributed by atoms with Gasteiger partial charge in [-0.15, -0.1) is 0 Å². The van der Waals surface area contributed by atoms with E-state index in [1.807, 2.05) is 0 Å². The minimum absolute atomic E-state index is 0.0320. The summed E-state index contributed by atoms with van der Waals surface area (Å²) in [5, 5.41) is 3.72. The Bertz CT molecular complexity index is 907. The predicted molar refractivity (Wildman–Crippen MR) is 96.0 cm³/mol. The summed E-state index contributed by atoms with van der Waals surface area (Å²) < 4.78 is 51.2. The predicted octanol–water partition coefficient (Wildman–Crippen LogP) is 2.85. The maximum Gasteiger partial charge on any atom is 0.435 e. The second kappa shape index (κ2) is 8.14. The third-order valence-corrected chi connectivity index (χ3v) is 4.73. The Hall–Kier alpha value is -3.04. The molecule has 0 atom stereocenters. The van der Waals surface area contributed by atoms with E-state index in [9.17, 15) is 22.8 Å². The van der Waals surface area contributed by atoms with Gasteiger partial charge in [0.25, 0.3) is 5.91 Å². The van der Waals surface area contributed by atoms with E-state index in [1.54, 1.807) is 12.1 Å². The molecule has 0 saturated carbocycles. The van der Waals surface area contributed by atoms with Gasteiger partial charge in [-0.3, -0.25) is 9.59 Å². The van der Waals surface area contributed by atoms with Crippen LogP contribution in [0.2, 0.25) is 0 Å². The molecule has 10 heteroatoms. The summed E-state index contributed by atoms with van der Waals surface area (Å²) in [5.74, 6) is -0.422. The van der Waals surface area contributed by atoms with E-state index in [4.69, 9.17) is 4.74 Å². The zero-order chi connectivity index (χ0) is 21.2. The third-order valence-electron chi connectivity index (χ3n) is 4.73. The smallest absolute Gasteiger partial charge is 0.435 e. The molecule has 1 aliphatic heterocycles. The molecule has 2 heterocycles. The fourth-order valence-corrected chi connectivity index (χ4v) is 3.27. The van der Waals surface area contributed by atoms with Crippen LogP contribution in [-0.4, -0.2) is 53.9 Å². The first-order valence-corrected chi connectivity index (χ1v) is 8.96. The molecule has 0 saturated heterocycles. The number of hydrogen-bond donors (Lipinski definition) is 0. The highest BCUT2D eigenvalue weighted by Gasteiger charge is 2.43. The van der Waals surface area contributed by atoms with E-state index in [0.717, 1.165) is 4.68 Å². The van der Waals surface area contributed by atoms with Gasteiger partial charge in [0, 0.05) is 25.1 Å². The van der Waals surface area contributed by atoms with Gasteiger partial charge in [-0.1, -0.05) is 0 Å². The first-order chi connectivity index (χ1) is 13.8. The number of fused-ring (bicyclic) bond motifs is 1. The molecule has 7 nitrogen and oxygen atoms in total. The van der Waals surface area contributed by atoms with Crippen molar-refractivity contribution in [1.82, 2.24) is 14.7 Å². The van der Waals surface area contributed by atoms with Crippen LogP contribution >= 0.6 is 0 Å². The first-order valence-electron chi connectivity index (χ1n) is 8.96. The van der Waals surface area contributed by atoms with Crippen molar-refractivity contribution < 1.29 is 32.2 Å². The number of alkyl halides is 3. The van der Waals surface area contributed by atoms with Gasteiger partial charge in [0.2, 0.25) is 0 Å². The Balaban J connectivity index is 1.96. The van der Waals surface area contributed by atoms with Crippen LogP contribution in [0.1, 0.15) is 34.6 Å². The fraction of sp³-hybridized carbons (Fsp3) is 0.421. The lowest BCUT2D eigenvalue weighted by Crippen LogP contribution is -2.39. The number of carbonyl (C=O) groups excluding carboxylic acids is 2. The van der Waals surface area contributed by atoms with E-state index in [1.165, 1.54) is 31.3 Å². The lowest BCUT2D eigenvalue weighted by molar-refractivity contribution is -0.142. The van der Waals surface area contributed by atoms with Crippen LogP contribution in [0.4, 0.5) is 13.2 Å². The van der Waals surface area contributed by atoms with Crippen molar-refractivity contribution in [3.8, 4) is 11.4 Å². The molecule has 1 aliphatic rings. The van der Waals surface area contributed by atoms with Crippen molar-refractivity contribution in [2.45, 2.75) is 25.4 Å². The lowest BCUT2D eigenvalue weighted by Gasteiger charge is -2.27. The Kier molecular flexibility index (Phi) is 5.81. The minimum atomic E-state index is -4.67. The van der Waals surface area contributed by atoms with Crippen molar-refractivity contribution in [3.05, 3.63) is 41.2 Å². The molecule has 0 bridgehead atoms. The van der Waals surface area contributed by atoms with Crippen LogP contribution in [0, 0.1) is 0 Å². The Morgan fingerprint density at radius 1 is 1.21 bits per heavy atom. The highest BCUT2D eigenvalue weighted by atomic mass is 19.4. The zero-order valence-corrected chi connectivity index (χ0v) is 16.0. The molecule has 0 fully saturated rings. The average molecular weight is 411 g/mol. The summed E-state index contributed by atoms with van der Waals surface area (Å²) in [7, 11) is 2.75. The minimum Gasteiger partial charge on any atom is -0.497 e. The van der Waals surface area contributed by atoms with Gasteiger partial charge in [-0.05, 0) is 37.1 Å². The van der Waals surface area contributed by atoms with Crippen LogP contribution < -0.4 is 4.74 Å². The molecule has 1 aromatic carbocycles. The zero-order valence-electron chi connectivity index (χ0n) is 16.0. The van der Waals surface area contributed by atoms with Gasteiger partial charge >= 0.3 is 12.1 Å². The second-order valence-corrected chi connectivity index (χ2v) is 6.51. The number of carbonyl (C=O) groups is 2. The Morgan fingerprint density at radius 3 is 2.48 bits per heavy atom. The molecule has 2 aromatic rings. The topological polar surface area (TPSA) is 73.7 Å². The molecule has 0 aliphatic carbocycles. The van der Waals surface area contributed by atoms with Crippen molar-refractivity contribution in [1.29, 1.82) is 0 Å². The molecular weight excluding hydrogens is 391 g/mol. The molecular formula is C19H20F3N3O4. The summed E-state index contributed by atoms with van der Waals surface area (Å²) in [4.78, 5) is 25.7. The Labute approximate surface area is 165 Å². The van der Waals surface area contributed by atoms with Crippen LogP contribution in [-0.2, 0) is 22.1 Å². The quantitative estimate of drug-likeness (QED) is 0.684. The largest absolute Gasteiger partial charge is 0.497 e. The molecule has 1 aromatic heterocycles. The maximum absolute atomic E-state index is 13.5. The van der Waals surface area contributed by atoms with Crippen molar-refractivity contribution >= 4 is 11.9 Å². The standard InChI is InChI=1S/C19H20F3N3O4/c1-28-13-7-5-12(6-8-13)25-16-14(17(23-25)19(20,21)22)9-11-24(18(16)27)10-3-4-15(26)29-2/h5-8H,3-4,9-11H2,1-2H3. The highest BCUT2D eigenvalue weighted by molar-refractivity contribution is 5.96. The highest BCUT2D eigenvalue weighted by Crippen LogP contribution is 2.36. The number of amides is 1. The van der Waals surface area contributed by atoms with Crippen LogP contribution in [0.5, 0.6) is 5.75 Å². The van der Waals surface area contributed by atoms with Gasteiger partial charge in [0.05, 0.1) is 19.9 Å². The second-order valence-electron chi connectivity index (χ2n) is 6.51. The summed E-state index contributed by atoms with van der Waals surface area (Å²) in [5.41, 5.74) is -0.942. The normalized spacial score (nSPS) is 14.0. The molecule has 156 valence electrons. The average Bonchev–Trinajstić information content (AvgIpc) is 3.10. The number of hydrogen-bond acceptors (Lipinski definition) is 5. The molecule has 0 radical (unpaired) electrons. The van der Waals surface area contributed by atoms with Crippen LogP contribution in [0.3, 0.4) is 0 Å². The number of methoxy groups -OCH3 is 2. The van der Waals surface area contributed by atoms with E-state index < -0.39 is 23.7 Å². The van der Waals surface area contributed by atoms with Gasteiger partial charge < -0.3 is 14.4 Å². The van der Waals surface area contributed by atoms with E-state index >= 15 is 0 Å². The van der Waals surface area contributed by atoms with Crippen molar-refractivity contribution in [2.75, 3.05) is 27.3 Å². The third kappa shape index (κ3) is 4.20. The van der Waals surface area contributed by atoms with Crippen molar-refractivity contribution in [2.24, 2.45) is 0 Å². The van der Waals surface area contributed by atoms with E-state index in [2.05, 4.69) is 9.84 Å². The number of esters is 1. The molecule has 0 N–H and O–H groups in total. The molecule has 0 unspecified atom stereocenters. The number of rotatable bonds is 6. The number of ether oxygens (including phenoxy) is 2. The first kappa shape index (κ1) is 20.7. The maximum atomic E-state index is 13.5. The summed E-state index contributed by atoms with van der Waals surface area (Å²) in [6.07, 6.45) is -4.16. The van der Waals surface area contributed by atoms with Crippen molar-refractivity contribution in [3.63, 3.8) is 0 Å². The number of halogens is 3. The number of benzene rings is 1. The number of aromatic nitrogens is 2. The van der Waals surface area contributed by atoms with Gasteiger partial charge in [-0.25, -0.2) is 4.68 Å².